The van der Waals surface area contributed by atoms with E-state index in [9.17, 15) is 9.59 Å². The SMILES string of the molecule is CC(O)CNCc1cc(=O)n(C)c(=O)n1C. The molecule has 16 heavy (non-hydrogen) atoms. The summed E-state index contributed by atoms with van der Waals surface area (Å²) in [5, 5.41) is 12.0. The van der Waals surface area contributed by atoms with Crippen molar-refractivity contribution in [2.75, 3.05) is 6.54 Å². The topological polar surface area (TPSA) is 76.3 Å². The first-order valence-electron chi connectivity index (χ1n) is 5.08. The maximum absolute atomic E-state index is 11.6. The zero-order chi connectivity index (χ0) is 12.3. The lowest BCUT2D eigenvalue weighted by molar-refractivity contribution is 0.190. The van der Waals surface area contributed by atoms with Crippen LogP contribution in [0.2, 0.25) is 0 Å². The second-order valence-electron chi connectivity index (χ2n) is 3.85. The molecular formula is C10H17N3O3. The zero-order valence-electron chi connectivity index (χ0n) is 9.73. The third kappa shape index (κ3) is 2.80. The van der Waals surface area contributed by atoms with Crippen LogP contribution in [0.3, 0.4) is 0 Å². The molecule has 1 heterocycles. The summed E-state index contributed by atoms with van der Waals surface area (Å²) in [6.07, 6.45) is -0.455. The Kier molecular flexibility index (Phi) is 4.03. The highest BCUT2D eigenvalue weighted by Crippen LogP contribution is 1.89. The fourth-order valence-corrected chi connectivity index (χ4v) is 1.36. The van der Waals surface area contributed by atoms with Gasteiger partial charge in [-0.05, 0) is 6.92 Å². The molecule has 1 aromatic heterocycles. The van der Waals surface area contributed by atoms with E-state index in [0.717, 1.165) is 4.57 Å². The summed E-state index contributed by atoms with van der Waals surface area (Å²) in [6.45, 7) is 2.46. The molecule has 0 spiro atoms. The van der Waals surface area contributed by atoms with E-state index in [4.69, 9.17) is 5.11 Å². The van der Waals surface area contributed by atoms with Crippen LogP contribution in [0.5, 0.6) is 0 Å². The summed E-state index contributed by atoms with van der Waals surface area (Å²) in [4.78, 5) is 22.9. The molecule has 0 radical (unpaired) electrons. The number of hydrogen-bond acceptors (Lipinski definition) is 4. The van der Waals surface area contributed by atoms with Crippen LogP contribution in [0, 0.1) is 0 Å². The van der Waals surface area contributed by atoms with Gasteiger partial charge in [-0.3, -0.25) is 13.9 Å². The molecule has 1 atom stereocenters. The van der Waals surface area contributed by atoms with E-state index in [0.29, 0.717) is 18.8 Å². The van der Waals surface area contributed by atoms with Crippen molar-refractivity contribution in [3.8, 4) is 0 Å². The van der Waals surface area contributed by atoms with Gasteiger partial charge in [-0.2, -0.15) is 0 Å². The number of rotatable bonds is 4. The molecule has 1 rings (SSSR count). The van der Waals surface area contributed by atoms with Gasteiger partial charge in [-0.25, -0.2) is 4.79 Å². The van der Waals surface area contributed by atoms with Crippen LogP contribution in [0.1, 0.15) is 12.6 Å². The second-order valence-corrected chi connectivity index (χ2v) is 3.85. The number of aliphatic hydroxyl groups is 1. The molecule has 6 nitrogen and oxygen atoms in total. The largest absolute Gasteiger partial charge is 0.392 e. The molecule has 0 aliphatic heterocycles. The predicted octanol–water partition coefficient (Wildman–Crippen LogP) is -1.45. The first-order valence-corrected chi connectivity index (χ1v) is 5.08. The standard InChI is InChI=1S/C10H17N3O3/c1-7(14)5-11-6-8-4-9(15)13(3)10(16)12(8)2/h4,7,11,14H,5-6H2,1-3H3. The number of nitrogens with zero attached hydrogens (tertiary/aromatic N) is 2. The molecular weight excluding hydrogens is 210 g/mol. The molecule has 0 aliphatic carbocycles. The number of nitrogens with one attached hydrogen (secondary N) is 1. The van der Waals surface area contributed by atoms with Gasteiger partial charge in [0.1, 0.15) is 0 Å². The molecule has 6 heteroatoms. The number of aliphatic hydroxyl groups excluding tert-OH is 1. The number of aromatic nitrogens is 2. The van der Waals surface area contributed by atoms with Crippen molar-refractivity contribution in [2.45, 2.75) is 19.6 Å². The highest BCUT2D eigenvalue weighted by Gasteiger charge is 2.05. The molecule has 0 aliphatic rings. The van der Waals surface area contributed by atoms with E-state index in [1.54, 1.807) is 14.0 Å². The molecule has 1 aromatic rings. The average molecular weight is 227 g/mol. The Morgan fingerprint density at radius 1 is 1.38 bits per heavy atom. The maximum atomic E-state index is 11.6. The van der Waals surface area contributed by atoms with Crippen LogP contribution >= 0.6 is 0 Å². The van der Waals surface area contributed by atoms with Gasteiger partial charge in [-0.1, -0.05) is 0 Å². The summed E-state index contributed by atoms with van der Waals surface area (Å²) in [7, 11) is 3.05. The minimum absolute atomic E-state index is 0.322. The van der Waals surface area contributed by atoms with Crippen molar-refractivity contribution < 1.29 is 5.11 Å². The van der Waals surface area contributed by atoms with Crippen molar-refractivity contribution in [1.82, 2.24) is 14.5 Å². The number of hydrogen-bond donors (Lipinski definition) is 2. The van der Waals surface area contributed by atoms with E-state index in [2.05, 4.69) is 5.32 Å². The third-order valence-corrected chi connectivity index (χ3v) is 2.37. The van der Waals surface area contributed by atoms with Crippen LogP contribution < -0.4 is 16.6 Å². The van der Waals surface area contributed by atoms with Crippen molar-refractivity contribution in [3.63, 3.8) is 0 Å². The van der Waals surface area contributed by atoms with E-state index in [-0.39, 0.29) is 11.2 Å². The molecule has 1 unspecified atom stereocenters. The summed E-state index contributed by atoms with van der Waals surface area (Å²) in [5.74, 6) is 0. The Hall–Kier alpha value is -1.40. The van der Waals surface area contributed by atoms with Gasteiger partial charge < -0.3 is 10.4 Å². The van der Waals surface area contributed by atoms with Gasteiger partial charge in [0.25, 0.3) is 5.56 Å². The van der Waals surface area contributed by atoms with Crippen molar-refractivity contribution >= 4 is 0 Å². The first kappa shape index (κ1) is 12.7. The lowest BCUT2D eigenvalue weighted by Gasteiger charge is -2.11. The third-order valence-electron chi connectivity index (χ3n) is 2.37. The van der Waals surface area contributed by atoms with Crippen molar-refractivity contribution in [2.24, 2.45) is 14.1 Å². The van der Waals surface area contributed by atoms with Crippen LogP contribution in [0.25, 0.3) is 0 Å². The summed E-state index contributed by atoms with van der Waals surface area (Å²) >= 11 is 0. The second kappa shape index (κ2) is 5.09. The molecule has 0 amide bonds. The zero-order valence-corrected chi connectivity index (χ0v) is 9.73. The Labute approximate surface area is 93.1 Å². The lowest BCUT2D eigenvalue weighted by atomic mass is 10.3. The summed E-state index contributed by atoms with van der Waals surface area (Å²) in [6, 6.07) is 1.41. The molecule has 90 valence electrons. The molecule has 0 saturated carbocycles. The average Bonchev–Trinajstić information content (AvgIpc) is 2.22. The summed E-state index contributed by atoms with van der Waals surface area (Å²) in [5.41, 5.74) is -0.0629. The van der Waals surface area contributed by atoms with E-state index < -0.39 is 6.10 Å². The monoisotopic (exact) mass is 227 g/mol. The fourth-order valence-electron chi connectivity index (χ4n) is 1.36. The highest BCUT2D eigenvalue weighted by molar-refractivity contribution is 5.01. The highest BCUT2D eigenvalue weighted by atomic mass is 16.3. The van der Waals surface area contributed by atoms with Crippen LogP contribution in [-0.4, -0.2) is 26.9 Å². The van der Waals surface area contributed by atoms with Gasteiger partial charge in [0.05, 0.1) is 6.10 Å². The Balaban J connectivity index is 2.90. The normalized spacial score (nSPS) is 12.8. The lowest BCUT2D eigenvalue weighted by Crippen LogP contribution is -2.39. The first-order chi connectivity index (χ1) is 7.43. The molecule has 0 fully saturated rings. The molecule has 0 saturated heterocycles. The van der Waals surface area contributed by atoms with E-state index in [1.807, 2.05) is 0 Å². The Bertz CT molecular complexity index is 473. The van der Waals surface area contributed by atoms with Gasteiger partial charge in [0.15, 0.2) is 0 Å². The van der Waals surface area contributed by atoms with Gasteiger partial charge in [0, 0.05) is 38.9 Å². The van der Waals surface area contributed by atoms with Crippen LogP contribution in [0.15, 0.2) is 15.7 Å². The van der Waals surface area contributed by atoms with Gasteiger partial charge in [0.2, 0.25) is 0 Å². The van der Waals surface area contributed by atoms with Crippen molar-refractivity contribution in [3.05, 3.63) is 32.6 Å². The van der Waals surface area contributed by atoms with E-state index in [1.165, 1.54) is 17.7 Å². The van der Waals surface area contributed by atoms with E-state index >= 15 is 0 Å². The minimum Gasteiger partial charge on any atom is -0.392 e. The molecule has 0 aromatic carbocycles. The Morgan fingerprint density at radius 2 is 2.00 bits per heavy atom. The fraction of sp³-hybridized carbons (Fsp3) is 0.600. The predicted molar refractivity (Wildman–Crippen MR) is 60.3 cm³/mol. The van der Waals surface area contributed by atoms with Gasteiger partial charge >= 0.3 is 5.69 Å². The minimum atomic E-state index is -0.455. The maximum Gasteiger partial charge on any atom is 0.330 e. The smallest absolute Gasteiger partial charge is 0.330 e. The van der Waals surface area contributed by atoms with Crippen LogP contribution in [-0.2, 0) is 20.6 Å². The quantitative estimate of drug-likeness (QED) is 0.660. The van der Waals surface area contributed by atoms with Crippen molar-refractivity contribution in [1.29, 1.82) is 0 Å². The van der Waals surface area contributed by atoms with Gasteiger partial charge in [-0.15, -0.1) is 0 Å². The Morgan fingerprint density at radius 3 is 2.56 bits per heavy atom. The molecule has 2 N–H and O–H groups in total. The summed E-state index contributed by atoms with van der Waals surface area (Å²) < 4.78 is 2.47. The van der Waals surface area contributed by atoms with Crippen LogP contribution in [0.4, 0.5) is 0 Å². The molecule has 0 bridgehead atoms.